The van der Waals surface area contributed by atoms with Crippen LogP contribution >= 0.6 is 0 Å². The van der Waals surface area contributed by atoms with Gasteiger partial charge in [-0.2, -0.15) is 0 Å². The molecule has 2 nitrogen and oxygen atoms in total. The minimum Gasteiger partial charge on any atom is -0.364 e. The highest BCUT2D eigenvalue weighted by atomic mass is 16.5. The average molecular weight is 482 g/mol. The van der Waals surface area contributed by atoms with Crippen LogP contribution in [0.4, 0.5) is 0 Å². The lowest BCUT2D eigenvalue weighted by atomic mass is 10.0. The fourth-order valence-corrected chi connectivity index (χ4v) is 4.98. The molecule has 0 saturated carbocycles. The summed E-state index contributed by atoms with van der Waals surface area (Å²) in [5.74, 6) is 0. The Bertz CT molecular complexity index is 346. The molecule has 0 aliphatic carbocycles. The Morgan fingerprint density at radius 2 is 0.647 bits per heavy atom. The molecule has 0 fully saturated rings. The Morgan fingerprint density at radius 1 is 0.382 bits per heavy atom. The van der Waals surface area contributed by atoms with E-state index in [0.29, 0.717) is 0 Å². The molecule has 34 heavy (non-hydrogen) atoms. The van der Waals surface area contributed by atoms with Crippen LogP contribution < -0.4 is 5.73 Å². The Balaban J connectivity index is 3.13. The quantitative estimate of drug-likeness (QED) is 0.0817. The zero-order valence-electron chi connectivity index (χ0n) is 24.1. The lowest BCUT2D eigenvalue weighted by Crippen LogP contribution is -2.24. The summed E-state index contributed by atoms with van der Waals surface area (Å²) in [6.45, 7) is 5.45. The van der Waals surface area contributed by atoms with Gasteiger partial charge in [0.25, 0.3) is 0 Å². The Hall–Kier alpha value is -0.0800. The standard InChI is InChI=1S/C32H67NO/c1-3-5-7-9-11-13-15-17-19-21-23-25-27-29-31-34-32(33)30-28-26-24-22-20-18-16-14-12-10-8-6-4-2/h32H,3-31,33H2,1-2H3. The van der Waals surface area contributed by atoms with E-state index in [2.05, 4.69) is 13.8 Å². The van der Waals surface area contributed by atoms with Crippen molar-refractivity contribution in [1.82, 2.24) is 0 Å². The summed E-state index contributed by atoms with van der Waals surface area (Å²) in [5, 5.41) is 0. The summed E-state index contributed by atoms with van der Waals surface area (Å²) in [6, 6.07) is 0. The first-order chi connectivity index (χ1) is 16.8. The van der Waals surface area contributed by atoms with Gasteiger partial charge in [0, 0.05) is 6.61 Å². The van der Waals surface area contributed by atoms with Crippen molar-refractivity contribution in [1.29, 1.82) is 0 Å². The van der Waals surface area contributed by atoms with Crippen molar-refractivity contribution in [2.24, 2.45) is 5.73 Å². The molecule has 0 radical (unpaired) electrons. The number of ether oxygens (including phenoxy) is 1. The second-order valence-electron chi connectivity index (χ2n) is 11.0. The fourth-order valence-electron chi connectivity index (χ4n) is 4.98. The van der Waals surface area contributed by atoms with E-state index < -0.39 is 0 Å². The predicted octanol–water partition coefficient (Wildman–Crippen LogP) is 11.3. The van der Waals surface area contributed by atoms with Crippen molar-refractivity contribution in [2.45, 2.75) is 200 Å². The first-order valence-corrected chi connectivity index (χ1v) is 16.2. The molecule has 0 bridgehead atoms. The Labute approximate surface area is 217 Å². The molecule has 206 valence electrons. The highest BCUT2D eigenvalue weighted by Crippen LogP contribution is 2.15. The molecule has 0 rings (SSSR count). The van der Waals surface area contributed by atoms with Crippen molar-refractivity contribution < 1.29 is 4.74 Å². The zero-order chi connectivity index (χ0) is 24.8. The number of rotatable bonds is 30. The minimum absolute atomic E-state index is 0.0327. The van der Waals surface area contributed by atoms with E-state index in [0.717, 1.165) is 13.0 Å². The van der Waals surface area contributed by atoms with Crippen molar-refractivity contribution in [2.75, 3.05) is 6.61 Å². The van der Waals surface area contributed by atoms with Crippen LogP contribution in [0.3, 0.4) is 0 Å². The van der Waals surface area contributed by atoms with Crippen LogP contribution in [0.5, 0.6) is 0 Å². The van der Waals surface area contributed by atoms with Crippen LogP contribution in [0.15, 0.2) is 0 Å². The van der Waals surface area contributed by atoms with Gasteiger partial charge in [0.15, 0.2) is 0 Å². The van der Waals surface area contributed by atoms with Gasteiger partial charge in [-0.25, -0.2) is 0 Å². The van der Waals surface area contributed by atoms with E-state index in [-0.39, 0.29) is 6.23 Å². The number of nitrogens with two attached hydrogens (primary N) is 1. The van der Waals surface area contributed by atoms with Gasteiger partial charge in [-0.1, -0.05) is 174 Å². The normalized spacial score (nSPS) is 12.4. The van der Waals surface area contributed by atoms with E-state index in [1.807, 2.05) is 0 Å². The van der Waals surface area contributed by atoms with Crippen molar-refractivity contribution in [3.8, 4) is 0 Å². The smallest absolute Gasteiger partial charge is 0.105 e. The number of hydrogen-bond acceptors (Lipinski definition) is 2. The van der Waals surface area contributed by atoms with E-state index in [1.165, 1.54) is 173 Å². The van der Waals surface area contributed by atoms with Crippen molar-refractivity contribution in [3.63, 3.8) is 0 Å². The van der Waals surface area contributed by atoms with Crippen LogP contribution in [0.25, 0.3) is 0 Å². The number of unbranched alkanes of at least 4 members (excludes halogenated alkanes) is 25. The molecule has 2 heteroatoms. The predicted molar refractivity (Wildman–Crippen MR) is 155 cm³/mol. The minimum atomic E-state index is -0.0327. The van der Waals surface area contributed by atoms with E-state index in [1.54, 1.807) is 0 Å². The maximum absolute atomic E-state index is 6.15. The Kier molecular flexibility index (Phi) is 30.9. The topological polar surface area (TPSA) is 35.2 Å². The molecule has 0 spiro atoms. The second kappa shape index (κ2) is 31.0. The first kappa shape index (κ1) is 33.9. The van der Waals surface area contributed by atoms with Crippen LogP contribution in [-0.4, -0.2) is 12.8 Å². The van der Waals surface area contributed by atoms with Gasteiger partial charge in [-0.05, 0) is 19.3 Å². The number of hydrogen-bond donors (Lipinski definition) is 1. The summed E-state index contributed by atoms with van der Waals surface area (Å²) in [4.78, 5) is 0. The van der Waals surface area contributed by atoms with Crippen LogP contribution in [-0.2, 0) is 4.74 Å². The van der Waals surface area contributed by atoms with Gasteiger partial charge < -0.3 is 10.5 Å². The lowest BCUT2D eigenvalue weighted by Gasteiger charge is -2.13. The van der Waals surface area contributed by atoms with Crippen molar-refractivity contribution >= 4 is 0 Å². The molecule has 0 aliphatic rings. The summed E-state index contributed by atoms with van der Waals surface area (Å²) in [5.41, 5.74) is 6.15. The monoisotopic (exact) mass is 482 g/mol. The average Bonchev–Trinajstić information content (AvgIpc) is 2.84. The summed E-state index contributed by atoms with van der Waals surface area (Å²) in [6.07, 6.45) is 38.9. The summed E-state index contributed by atoms with van der Waals surface area (Å²) < 4.78 is 5.83. The lowest BCUT2D eigenvalue weighted by molar-refractivity contribution is 0.0475. The molecule has 1 unspecified atom stereocenters. The molecular weight excluding hydrogens is 414 g/mol. The summed E-state index contributed by atoms with van der Waals surface area (Å²) >= 11 is 0. The molecular formula is C32H67NO. The third-order valence-corrected chi connectivity index (χ3v) is 7.42. The third-order valence-electron chi connectivity index (χ3n) is 7.42. The van der Waals surface area contributed by atoms with Gasteiger partial charge in [0.2, 0.25) is 0 Å². The maximum Gasteiger partial charge on any atom is 0.105 e. The van der Waals surface area contributed by atoms with Gasteiger partial charge >= 0.3 is 0 Å². The van der Waals surface area contributed by atoms with Crippen LogP contribution in [0.1, 0.15) is 194 Å². The second-order valence-corrected chi connectivity index (χ2v) is 11.0. The van der Waals surface area contributed by atoms with E-state index in [4.69, 9.17) is 10.5 Å². The maximum atomic E-state index is 6.15. The molecule has 0 heterocycles. The molecule has 0 saturated heterocycles. The highest BCUT2D eigenvalue weighted by molar-refractivity contribution is 4.53. The largest absolute Gasteiger partial charge is 0.364 e. The van der Waals surface area contributed by atoms with Crippen molar-refractivity contribution in [3.05, 3.63) is 0 Å². The fraction of sp³-hybridized carbons (Fsp3) is 1.00. The first-order valence-electron chi connectivity index (χ1n) is 16.2. The van der Waals surface area contributed by atoms with Crippen LogP contribution in [0.2, 0.25) is 0 Å². The molecule has 0 amide bonds. The van der Waals surface area contributed by atoms with E-state index in [9.17, 15) is 0 Å². The molecule has 0 aromatic rings. The zero-order valence-corrected chi connectivity index (χ0v) is 24.1. The highest BCUT2D eigenvalue weighted by Gasteiger charge is 2.02. The van der Waals surface area contributed by atoms with Crippen LogP contribution in [0, 0.1) is 0 Å². The van der Waals surface area contributed by atoms with Gasteiger partial charge in [-0.15, -0.1) is 0 Å². The van der Waals surface area contributed by atoms with Gasteiger partial charge in [0.1, 0.15) is 6.23 Å². The van der Waals surface area contributed by atoms with E-state index >= 15 is 0 Å². The molecule has 0 aliphatic heterocycles. The Morgan fingerprint density at radius 3 is 0.971 bits per heavy atom. The summed E-state index contributed by atoms with van der Waals surface area (Å²) in [7, 11) is 0. The molecule has 0 aromatic heterocycles. The SMILES string of the molecule is CCCCCCCCCCCCCCCCOC(N)CCCCCCCCCCCCCCC. The third kappa shape index (κ3) is 30.0. The van der Waals surface area contributed by atoms with Gasteiger partial charge in [0.05, 0.1) is 0 Å². The molecule has 0 aromatic carbocycles. The molecule has 1 atom stereocenters. The molecule has 2 N–H and O–H groups in total. The van der Waals surface area contributed by atoms with Gasteiger partial charge in [-0.3, -0.25) is 0 Å².